The number of aliphatic hydroxyl groups is 1. The maximum atomic E-state index is 12.5. The lowest BCUT2D eigenvalue weighted by atomic mass is 10.0. The third-order valence-corrected chi connectivity index (χ3v) is 5.14. The molecular weight excluding hydrogens is 296 g/mol. The topological polar surface area (TPSA) is 53.4 Å². The average molecular weight is 316 g/mol. The summed E-state index contributed by atoms with van der Waals surface area (Å²) in [6.45, 7) is 0.797. The third-order valence-electron chi connectivity index (χ3n) is 4.17. The molecule has 0 aliphatic carbocycles. The smallest absolute Gasteiger partial charge is 0.227 e. The fourth-order valence-electron chi connectivity index (χ4n) is 3.04. The van der Waals surface area contributed by atoms with E-state index in [0.29, 0.717) is 12.8 Å². The Kier molecular flexibility index (Phi) is 4.85. The molecule has 0 bridgehead atoms. The lowest BCUT2D eigenvalue weighted by molar-refractivity contribution is -0.131. The maximum absolute atomic E-state index is 12.5. The number of carbonyl (C=O) groups excluding carboxylic acids is 1. The molecule has 116 valence electrons. The van der Waals surface area contributed by atoms with E-state index in [9.17, 15) is 9.90 Å². The van der Waals surface area contributed by atoms with Gasteiger partial charge in [-0.2, -0.15) is 0 Å². The predicted octanol–water partition coefficient (Wildman–Crippen LogP) is 2.80. The van der Waals surface area contributed by atoms with Crippen molar-refractivity contribution in [2.24, 2.45) is 0 Å². The lowest BCUT2D eigenvalue weighted by Crippen LogP contribution is -2.37. The number of amides is 1. The monoisotopic (exact) mass is 316 g/mol. The molecule has 1 amide bonds. The summed E-state index contributed by atoms with van der Waals surface area (Å²) in [5, 5.41) is 12.3. The number of aromatic nitrogens is 1. The van der Waals surface area contributed by atoms with E-state index in [2.05, 4.69) is 4.98 Å². The fourth-order valence-corrected chi connectivity index (χ4v) is 3.77. The van der Waals surface area contributed by atoms with Crippen LogP contribution in [0.1, 0.15) is 35.8 Å². The average Bonchev–Trinajstić information content (AvgIpc) is 3.19. The van der Waals surface area contributed by atoms with Crippen molar-refractivity contribution in [2.45, 2.75) is 37.8 Å². The van der Waals surface area contributed by atoms with Crippen LogP contribution in [0.2, 0.25) is 0 Å². The summed E-state index contributed by atoms with van der Waals surface area (Å²) in [6, 6.07) is 7.80. The Hall–Kier alpha value is -1.72. The highest BCUT2D eigenvalue weighted by atomic mass is 32.1. The molecule has 0 saturated carbocycles. The summed E-state index contributed by atoms with van der Waals surface area (Å²) < 4.78 is 0. The number of likely N-dealkylation sites (tertiary alicyclic amines) is 1. The van der Waals surface area contributed by atoms with E-state index in [1.165, 1.54) is 0 Å². The summed E-state index contributed by atoms with van der Waals surface area (Å²) >= 11 is 1.57. The van der Waals surface area contributed by atoms with Crippen molar-refractivity contribution in [2.75, 3.05) is 6.54 Å². The van der Waals surface area contributed by atoms with Crippen LogP contribution >= 0.6 is 11.3 Å². The molecular formula is C17H20N2O2S. The molecule has 2 aromatic rings. The largest absolute Gasteiger partial charge is 0.387 e. The van der Waals surface area contributed by atoms with Crippen molar-refractivity contribution in [1.29, 1.82) is 0 Å². The molecule has 0 spiro atoms. The standard InChI is InChI=1S/C17H20N2O2S/c20-15(16-4-2-10-22-16)12-14-3-1-9-19(14)17(21)11-13-5-7-18-8-6-13/h2,4-8,10,14-15,20H,1,3,9,11-12H2/t14-,15+/m1/s1. The van der Waals surface area contributed by atoms with Gasteiger partial charge in [-0.05, 0) is 48.4 Å². The zero-order valence-electron chi connectivity index (χ0n) is 12.4. The van der Waals surface area contributed by atoms with E-state index in [1.807, 2.05) is 34.5 Å². The highest BCUT2D eigenvalue weighted by molar-refractivity contribution is 7.10. The molecule has 1 saturated heterocycles. The van der Waals surface area contributed by atoms with Crippen molar-refractivity contribution in [3.05, 3.63) is 52.5 Å². The van der Waals surface area contributed by atoms with Gasteiger partial charge in [0.1, 0.15) is 0 Å². The van der Waals surface area contributed by atoms with E-state index in [-0.39, 0.29) is 11.9 Å². The molecule has 3 rings (SSSR count). The Morgan fingerprint density at radius 1 is 1.41 bits per heavy atom. The minimum atomic E-state index is -0.473. The Labute approximate surface area is 134 Å². The number of rotatable bonds is 5. The first kappa shape index (κ1) is 15.2. The molecule has 22 heavy (non-hydrogen) atoms. The van der Waals surface area contributed by atoms with Crippen molar-refractivity contribution < 1.29 is 9.90 Å². The minimum absolute atomic E-state index is 0.145. The van der Waals surface area contributed by atoms with Gasteiger partial charge in [0, 0.05) is 29.9 Å². The molecule has 0 aromatic carbocycles. The zero-order chi connectivity index (χ0) is 15.4. The Balaban J connectivity index is 1.61. The molecule has 0 radical (unpaired) electrons. The van der Waals surface area contributed by atoms with E-state index in [1.54, 1.807) is 23.7 Å². The number of nitrogens with zero attached hydrogens (tertiary/aromatic N) is 2. The number of hydrogen-bond donors (Lipinski definition) is 1. The van der Waals surface area contributed by atoms with Crippen LogP contribution in [0.5, 0.6) is 0 Å². The third kappa shape index (κ3) is 3.54. The van der Waals surface area contributed by atoms with Crippen molar-refractivity contribution in [1.82, 2.24) is 9.88 Å². The van der Waals surface area contributed by atoms with Crippen molar-refractivity contribution in [3.63, 3.8) is 0 Å². The molecule has 2 atom stereocenters. The second-order valence-corrected chi connectivity index (χ2v) is 6.66. The van der Waals surface area contributed by atoms with Gasteiger partial charge in [-0.25, -0.2) is 0 Å². The number of hydrogen-bond acceptors (Lipinski definition) is 4. The van der Waals surface area contributed by atoms with Crippen LogP contribution in [0.25, 0.3) is 0 Å². The number of thiophene rings is 1. The van der Waals surface area contributed by atoms with Gasteiger partial charge in [0.15, 0.2) is 0 Å². The molecule has 1 aliphatic heterocycles. The second kappa shape index (κ2) is 7.03. The molecule has 0 unspecified atom stereocenters. The highest BCUT2D eigenvalue weighted by Gasteiger charge is 2.30. The molecule has 1 N–H and O–H groups in total. The van der Waals surface area contributed by atoms with Crippen LogP contribution < -0.4 is 0 Å². The first-order chi connectivity index (χ1) is 10.7. The van der Waals surface area contributed by atoms with Crippen molar-refractivity contribution >= 4 is 17.2 Å². The minimum Gasteiger partial charge on any atom is -0.387 e. The van der Waals surface area contributed by atoms with Gasteiger partial charge in [0.25, 0.3) is 0 Å². The Morgan fingerprint density at radius 3 is 2.95 bits per heavy atom. The van der Waals surface area contributed by atoms with Gasteiger partial charge in [-0.15, -0.1) is 11.3 Å². The predicted molar refractivity (Wildman–Crippen MR) is 86.6 cm³/mol. The molecule has 1 aliphatic rings. The van der Waals surface area contributed by atoms with Crippen LogP contribution in [0.3, 0.4) is 0 Å². The molecule has 3 heterocycles. The van der Waals surface area contributed by atoms with Crippen LogP contribution in [0.4, 0.5) is 0 Å². The quantitative estimate of drug-likeness (QED) is 0.923. The first-order valence-corrected chi connectivity index (χ1v) is 8.52. The molecule has 5 heteroatoms. The normalized spacial score (nSPS) is 19.3. The molecule has 1 fully saturated rings. The van der Waals surface area contributed by atoms with E-state index >= 15 is 0 Å². The Morgan fingerprint density at radius 2 is 2.23 bits per heavy atom. The van der Waals surface area contributed by atoms with E-state index < -0.39 is 6.10 Å². The van der Waals surface area contributed by atoms with Crippen LogP contribution in [0.15, 0.2) is 42.0 Å². The SMILES string of the molecule is O=C(Cc1ccncc1)N1CCC[C@@H]1C[C@H](O)c1cccs1. The highest BCUT2D eigenvalue weighted by Crippen LogP contribution is 2.29. The van der Waals surface area contributed by atoms with E-state index in [0.717, 1.165) is 29.8 Å². The van der Waals surface area contributed by atoms with Crippen LogP contribution in [-0.2, 0) is 11.2 Å². The van der Waals surface area contributed by atoms with Crippen molar-refractivity contribution in [3.8, 4) is 0 Å². The molecule has 4 nitrogen and oxygen atoms in total. The van der Waals surface area contributed by atoms with E-state index in [4.69, 9.17) is 0 Å². The summed E-state index contributed by atoms with van der Waals surface area (Å²) in [6.07, 6.45) is 5.99. The summed E-state index contributed by atoms with van der Waals surface area (Å²) in [5.41, 5.74) is 0.990. The number of carbonyl (C=O) groups is 1. The number of aliphatic hydroxyl groups excluding tert-OH is 1. The van der Waals surface area contributed by atoms with Gasteiger partial charge in [-0.3, -0.25) is 9.78 Å². The summed E-state index contributed by atoms with van der Waals surface area (Å²) in [4.78, 5) is 19.4. The zero-order valence-corrected chi connectivity index (χ0v) is 13.2. The summed E-state index contributed by atoms with van der Waals surface area (Å²) in [5.74, 6) is 0.145. The summed E-state index contributed by atoms with van der Waals surface area (Å²) in [7, 11) is 0. The number of pyridine rings is 1. The van der Waals surface area contributed by atoms with Gasteiger partial charge in [0.2, 0.25) is 5.91 Å². The van der Waals surface area contributed by atoms with Gasteiger partial charge < -0.3 is 10.0 Å². The lowest BCUT2D eigenvalue weighted by Gasteiger charge is -2.26. The van der Waals surface area contributed by atoms with Crippen LogP contribution in [0, 0.1) is 0 Å². The van der Waals surface area contributed by atoms with Gasteiger partial charge >= 0.3 is 0 Å². The second-order valence-electron chi connectivity index (χ2n) is 5.68. The van der Waals surface area contributed by atoms with Gasteiger partial charge in [-0.1, -0.05) is 6.07 Å². The maximum Gasteiger partial charge on any atom is 0.227 e. The fraction of sp³-hybridized carbons (Fsp3) is 0.412. The molecule has 2 aromatic heterocycles. The van der Waals surface area contributed by atoms with Gasteiger partial charge in [0.05, 0.1) is 12.5 Å². The van der Waals surface area contributed by atoms with Crippen LogP contribution in [-0.4, -0.2) is 33.5 Å². The first-order valence-electron chi connectivity index (χ1n) is 7.64. The Bertz CT molecular complexity index is 600.